The zero-order chi connectivity index (χ0) is 12.0. The summed E-state index contributed by atoms with van der Waals surface area (Å²) in [6, 6.07) is 2.19. The Kier molecular flexibility index (Phi) is 8.98. The Morgan fingerprint density at radius 2 is 2.35 bits per heavy atom. The van der Waals surface area contributed by atoms with Crippen molar-refractivity contribution in [3.63, 3.8) is 0 Å². The first-order valence-corrected chi connectivity index (χ1v) is 6.49. The maximum absolute atomic E-state index is 10.6. The fourth-order valence-electron chi connectivity index (χ4n) is 0.783. The van der Waals surface area contributed by atoms with Crippen molar-refractivity contribution in [3.8, 4) is 0 Å². The Hall–Kier alpha value is -0.0161. The van der Waals surface area contributed by atoms with Gasteiger partial charge in [-0.1, -0.05) is 16.8 Å². The summed E-state index contributed by atoms with van der Waals surface area (Å²) in [7, 11) is 2.36. The van der Waals surface area contributed by atoms with Gasteiger partial charge in [0.15, 0.2) is 5.03 Å². The molecule has 0 bridgehead atoms. The van der Waals surface area contributed by atoms with Crippen LogP contribution in [0.1, 0.15) is 0 Å². The van der Waals surface area contributed by atoms with Gasteiger partial charge in [-0.2, -0.15) is 0 Å². The molecule has 0 aromatic carbocycles. The number of aromatic nitrogens is 1. The largest absolute Gasteiger partial charge is 0.540 e. The third-order valence-corrected chi connectivity index (χ3v) is 3.81. The molecule has 1 aromatic rings. The molecule has 17 heavy (non-hydrogen) atoms. The molecule has 1 atom stereocenters. The van der Waals surface area contributed by atoms with E-state index in [1.807, 2.05) is 0 Å². The maximum atomic E-state index is 10.6. The van der Waals surface area contributed by atoms with E-state index in [4.69, 9.17) is 5.73 Å². The molecule has 0 spiro atoms. The molecule has 1 aromatic heterocycles. The van der Waals surface area contributed by atoms with Gasteiger partial charge < -0.3 is 10.5 Å². The quantitative estimate of drug-likeness (QED) is 0.357. The van der Waals surface area contributed by atoms with Crippen LogP contribution in [-0.4, -0.2) is 28.0 Å². The molecular formula is C8H8N3O3S2Y-. The molecular weight excluding hydrogens is 339 g/mol. The molecule has 1 heterocycles. The van der Waals surface area contributed by atoms with Crippen molar-refractivity contribution >= 4 is 33.6 Å². The molecule has 9 heteroatoms. The number of nitro groups is 1. The topological polar surface area (TPSA) is 99.1 Å². The molecule has 0 aliphatic heterocycles. The van der Waals surface area contributed by atoms with Gasteiger partial charge in [-0.05, 0) is 22.6 Å². The molecule has 1 rings (SSSR count). The van der Waals surface area contributed by atoms with E-state index in [1.54, 1.807) is 6.29 Å². The first kappa shape index (κ1) is 17.0. The summed E-state index contributed by atoms with van der Waals surface area (Å²) in [5.74, 6) is 0.335. The van der Waals surface area contributed by atoms with Crippen LogP contribution in [0.3, 0.4) is 0 Å². The van der Waals surface area contributed by atoms with Gasteiger partial charge in [0.2, 0.25) is 0 Å². The van der Waals surface area contributed by atoms with Gasteiger partial charge in [-0.15, -0.1) is 0 Å². The van der Waals surface area contributed by atoms with Crippen LogP contribution < -0.4 is 5.73 Å². The minimum atomic E-state index is -0.680. The Bertz CT molecular complexity index is 394. The third-order valence-electron chi connectivity index (χ3n) is 1.48. The van der Waals surface area contributed by atoms with Gasteiger partial charge in [-0.25, -0.2) is 11.3 Å². The zero-order valence-electron chi connectivity index (χ0n) is 8.61. The van der Waals surface area contributed by atoms with Crippen molar-refractivity contribution in [2.45, 2.75) is 11.1 Å². The van der Waals surface area contributed by atoms with E-state index in [2.05, 4.69) is 4.98 Å². The van der Waals surface area contributed by atoms with E-state index >= 15 is 0 Å². The molecule has 0 amide bonds. The molecule has 0 saturated heterocycles. The predicted octanol–water partition coefficient (Wildman–Crippen LogP) is 1.16. The van der Waals surface area contributed by atoms with E-state index in [-0.39, 0.29) is 38.4 Å². The minimum absolute atomic E-state index is 0. The van der Waals surface area contributed by atoms with Gasteiger partial charge in [0, 0.05) is 45.0 Å². The molecule has 0 aliphatic rings. The number of pyridine rings is 1. The summed E-state index contributed by atoms with van der Waals surface area (Å²) in [4.78, 5) is 24.1. The number of carbonyl (C=O) groups excluding carboxylic acids is 1. The van der Waals surface area contributed by atoms with Gasteiger partial charge >= 0.3 is 5.69 Å². The number of nitrogens with two attached hydrogens (primary N) is 1. The first-order valence-electron chi connectivity index (χ1n) is 4.17. The first-order chi connectivity index (χ1) is 7.65. The van der Waals surface area contributed by atoms with E-state index in [0.717, 1.165) is 10.8 Å². The van der Waals surface area contributed by atoms with Crippen LogP contribution in [0.4, 0.5) is 5.69 Å². The molecule has 0 aliphatic carbocycles. The summed E-state index contributed by atoms with van der Waals surface area (Å²) in [5.41, 5.74) is 5.27. The normalized spacial score (nSPS) is 11.4. The van der Waals surface area contributed by atoms with Crippen molar-refractivity contribution in [1.82, 2.24) is 4.98 Å². The van der Waals surface area contributed by atoms with Crippen LogP contribution in [-0.2, 0) is 37.5 Å². The van der Waals surface area contributed by atoms with Crippen LogP contribution in [0.5, 0.6) is 0 Å². The predicted molar refractivity (Wildman–Crippen MR) is 62.9 cm³/mol. The Labute approximate surface area is 131 Å². The van der Waals surface area contributed by atoms with E-state index in [0.29, 0.717) is 10.8 Å². The van der Waals surface area contributed by atoms with Gasteiger partial charge in [0.25, 0.3) is 0 Å². The van der Waals surface area contributed by atoms with Crippen LogP contribution in [0.25, 0.3) is 0 Å². The standard InChI is InChI=1S/C8H8N3O3S2.Y/c9-6(4-12)5-15-16-8-7(11(13)14)2-1-3-10-8;/h1-3,6H,5,9H2;/q-1;. The van der Waals surface area contributed by atoms with Crippen molar-refractivity contribution in [1.29, 1.82) is 0 Å². The fourth-order valence-corrected chi connectivity index (χ4v) is 2.87. The summed E-state index contributed by atoms with van der Waals surface area (Å²) in [6.07, 6.45) is 3.10. The van der Waals surface area contributed by atoms with Gasteiger partial charge in [0.05, 0.1) is 4.92 Å². The number of hydrogen-bond donors (Lipinski definition) is 1. The van der Waals surface area contributed by atoms with E-state index < -0.39 is 11.0 Å². The molecule has 1 radical (unpaired) electrons. The minimum Gasteiger partial charge on any atom is -0.540 e. The Morgan fingerprint density at radius 1 is 1.65 bits per heavy atom. The zero-order valence-corrected chi connectivity index (χ0v) is 13.1. The molecule has 1 unspecified atom stereocenters. The number of hydrogen-bond acceptors (Lipinski definition) is 7. The second kappa shape index (κ2) is 8.99. The van der Waals surface area contributed by atoms with Gasteiger partial charge in [-0.3, -0.25) is 10.1 Å². The van der Waals surface area contributed by atoms with Crippen molar-refractivity contribution < 1.29 is 42.4 Å². The van der Waals surface area contributed by atoms with Crippen LogP contribution in [0.15, 0.2) is 23.4 Å². The molecule has 89 valence electrons. The van der Waals surface area contributed by atoms with Crippen molar-refractivity contribution in [2.24, 2.45) is 5.73 Å². The van der Waals surface area contributed by atoms with Crippen LogP contribution in [0.2, 0.25) is 0 Å². The van der Waals surface area contributed by atoms with Crippen LogP contribution >= 0.6 is 21.6 Å². The van der Waals surface area contributed by atoms with Crippen molar-refractivity contribution in [3.05, 3.63) is 28.4 Å². The smallest absolute Gasteiger partial charge is 0.302 e. The molecule has 2 N–H and O–H groups in total. The average Bonchev–Trinajstić information content (AvgIpc) is 2.29. The number of nitrogens with zero attached hydrogens (tertiary/aromatic N) is 2. The Morgan fingerprint density at radius 3 is 2.94 bits per heavy atom. The molecule has 6 nitrogen and oxygen atoms in total. The van der Waals surface area contributed by atoms with Crippen molar-refractivity contribution in [2.75, 3.05) is 5.75 Å². The summed E-state index contributed by atoms with van der Waals surface area (Å²) >= 11 is 0. The molecule has 0 fully saturated rings. The summed E-state index contributed by atoms with van der Waals surface area (Å²) < 4.78 is 0. The average molecular weight is 347 g/mol. The second-order valence-corrected chi connectivity index (χ2v) is 5.01. The van der Waals surface area contributed by atoms with E-state index in [9.17, 15) is 14.9 Å². The van der Waals surface area contributed by atoms with E-state index in [1.165, 1.54) is 29.1 Å². The summed E-state index contributed by atoms with van der Waals surface area (Å²) in [5, 5.41) is 10.9. The monoisotopic (exact) mass is 347 g/mol. The molecule has 0 saturated carbocycles. The SMILES string of the molecule is NC([C-]=O)CSSc1ncccc1[N+](=O)[O-].[Y]. The summed E-state index contributed by atoms with van der Waals surface area (Å²) in [6.45, 7) is 0. The number of rotatable bonds is 6. The maximum Gasteiger partial charge on any atom is 0.302 e. The second-order valence-electron chi connectivity index (χ2n) is 2.68. The Balaban J connectivity index is 0.00000256. The van der Waals surface area contributed by atoms with Gasteiger partial charge in [0.1, 0.15) is 0 Å². The fraction of sp³-hybridized carbons (Fsp3) is 0.250. The third kappa shape index (κ3) is 5.92. The van der Waals surface area contributed by atoms with Crippen LogP contribution in [0, 0.1) is 10.1 Å².